The van der Waals surface area contributed by atoms with Crippen molar-refractivity contribution in [1.82, 2.24) is 0 Å². The van der Waals surface area contributed by atoms with Crippen LogP contribution in [0.2, 0.25) is 0 Å². The molecule has 2 nitrogen and oxygen atoms in total. The predicted octanol–water partition coefficient (Wildman–Crippen LogP) is 8.07. The second kappa shape index (κ2) is 10.1. The highest BCUT2D eigenvalue weighted by Gasteiger charge is 2.16. The van der Waals surface area contributed by atoms with Crippen LogP contribution < -0.4 is 9.47 Å². The molecule has 4 aromatic carbocycles. The van der Waals surface area contributed by atoms with E-state index in [1.54, 1.807) is 14.2 Å². The molecular weight excluding hydrogens is 404 g/mol. The fraction of sp³-hybridized carbons (Fsp3) is 0.0968. The number of hydrogen-bond donors (Lipinski definition) is 0. The lowest BCUT2D eigenvalue weighted by molar-refractivity contribution is 0.356. The molecule has 0 heterocycles. The number of allylic oxidation sites excluding steroid dienone is 2. The van der Waals surface area contributed by atoms with E-state index in [1.165, 1.54) is 16.7 Å². The summed E-state index contributed by atoms with van der Waals surface area (Å²) in [6.45, 7) is 6.18. The maximum Gasteiger partial charge on any atom is 0.168 e. The van der Waals surface area contributed by atoms with Crippen LogP contribution in [0.3, 0.4) is 0 Å². The Balaban J connectivity index is 1.82. The quantitative estimate of drug-likeness (QED) is 0.217. The summed E-state index contributed by atoms with van der Waals surface area (Å²) in [5.41, 5.74) is 8.82. The van der Waals surface area contributed by atoms with Crippen LogP contribution in [0.4, 0.5) is 0 Å². The minimum absolute atomic E-state index is 0.690. The minimum Gasteiger partial charge on any atom is -0.493 e. The number of ether oxygens (including phenoxy) is 2. The highest BCUT2D eigenvalue weighted by molar-refractivity contribution is 5.91. The molecule has 0 fully saturated rings. The zero-order valence-electron chi connectivity index (χ0n) is 19.3. The van der Waals surface area contributed by atoms with Gasteiger partial charge in [-0.15, -0.1) is 0 Å². The Labute approximate surface area is 196 Å². The summed E-state index contributed by atoms with van der Waals surface area (Å²) in [5.74, 6) is 1.41. The monoisotopic (exact) mass is 432 g/mol. The van der Waals surface area contributed by atoms with Crippen molar-refractivity contribution in [3.8, 4) is 33.8 Å². The summed E-state index contributed by atoms with van der Waals surface area (Å²) in [7, 11) is 3.35. The lowest BCUT2D eigenvalue weighted by atomic mass is 9.94. The molecule has 0 unspecified atom stereocenters. The summed E-state index contributed by atoms with van der Waals surface area (Å²) in [4.78, 5) is 0. The maximum atomic E-state index is 5.77. The van der Waals surface area contributed by atoms with E-state index in [0.717, 1.165) is 27.8 Å². The number of aryl methyl sites for hydroxylation is 1. The fourth-order valence-corrected chi connectivity index (χ4v) is 3.99. The Hall–Kier alpha value is -4.04. The third-order valence-corrected chi connectivity index (χ3v) is 5.83. The summed E-state index contributed by atoms with van der Waals surface area (Å²) < 4.78 is 11.5. The number of benzene rings is 4. The van der Waals surface area contributed by atoms with Gasteiger partial charge in [-0.2, -0.15) is 0 Å². The molecule has 0 aliphatic rings. The Morgan fingerprint density at radius 2 is 1.36 bits per heavy atom. The van der Waals surface area contributed by atoms with Gasteiger partial charge in [0.25, 0.3) is 0 Å². The van der Waals surface area contributed by atoms with E-state index < -0.39 is 0 Å². The van der Waals surface area contributed by atoms with Gasteiger partial charge < -0.3 is 9.47 Å². The summed E-state index contributed by atoms with van der Waals surface area (Å²) >= 11 is 0. The highest BCUT2D eigenvalue weighted by atomic mass is 16.5. The van der Waals surface area contributed by atoms with Gasteiger partial charge in [-0.05, 0) is 64.1 Å². The van der Waals surface area contributed by atoms with Gasteiger partial charge in [-0.25, -0.2) is 0 Å². The van der Waals surface area contributed by atoms with Gasteiger partial charge in [0.1, 0.15) is 0 Å². The number of methoxy groups -OCH3 is 2. The topological polar surface area (TPSA) is 18.5 Å². The molecule has 0 aromatic heterocycles. The first-order valence-corrected chi connectivity index (χ1v) is 11.0. The molecule has 4 aromatic rings. The van der Waals surface area contributed by atoms with E-state index in [0.29, 0.717) is 11.5 Å². The lowest BCUT2D eigenvalue weighted by Gasteiger charge is -2.16. The van der Waals surface area contributed by atoms with Crippen LogP contribution in [0.1, 0.15) is 16.7 Å². The third-order valence-electron chi connectivity index (χ3n) is 5.83. The highest BCUT2D eigenvalue weighted by Crippen LogP contribution is 2.41. The van der Waals surface area contributed by atoms with Crippen LogP contribution in [0, 0.1) is 6.92 Å². The standard InChI is InChI=1S/C31H28O2/c1-5-23(19-27-14-10-9-11-22(27)2)28-20-29(31(33-4)30(21-28)32-3)26-17-15-25(16-18-26)24-12-7-6-8-13-24/h5-21H,1H2,2-4H3/b23-19+. The van der Waals surface area contributed by atoms with Crippen LogP contribution in [0.15, 0.2) is 104 Å². The molecule has 164 valence electrons. The molecule has 0 amide bonds. The third kappa shape index (κ3) is 4.75. The second-order valence-electron chi connectivity index (χ2n) is 7.86. The Morgan fingerprint density at radius 3 is 2.00 bits per heavy atom. The summed E-state index contributed by atoms with van der Waals surface area (Å²) in [6, 6.07) is 31.4. The van der Waals surface area contributed by atoms with Gasteiger partial charge in [0, 0.05) is 5.56 Å². The van der Waals surface area contributed by atoms with Crippen molar-refractivity contribution in [2.75, 3.05) is 14.2 Å². The molecule has 33 heavy (non-hydrogen) atoms. The molecular formula is C31H28O2. The summed E-state index contributed by atoms with van der Waals surface area (Å²) in [6.07, 6.45) is 4.04. The van der Waals surface area contributed by atoms with Crippen molar-refractivity contribution >= 4 is 11.6 Å². The van der Waals surface area contributed by atoms with Crippen molar-refractivity contribution in [3.05, 3.63) is 120 Å². The van der Waals surface area contributed by atoms with E-state index >= 15 is 0 Å². The molecule has 0 radical (unpaired) electrons. The number of rotatable bonds is 7. The van der Waals surface area contributed by atoms with Gasteiger partial charge in [0.15, 0.2) is 11.5 Å². The molecule has 4 rings (SSSR count). The summed E-state index contributed by atoms with van der Waals surface area (Å²) in [5, 5.41) is 0. The molecule has 0 spiro atoms. The molecule has 0 saturated carbocycles. The number of hydrogen-bond acceptors (Lipinski definition) is 2. The first kappa shape index (κ1) is 22.2. The Morgan fingerprint density at radius 1 is 0.727 bits per heavy atom. The van der Waals surface area contributed by atoms with E-state index in [1.807, 2.05) is 30.3 Å². The SMILES string of the molecule is C=C/C(=C\c1ccccc1C)c1cc(OC)c(OC)c(-c2ccc(-c3ccccc3)cc2)c1. The lowest BCUT2D eigenvalue weighted by Crippen LogP contribution is -1.96. The predicted molar refractivity (Wildman–Crippen MR) is 140 cm³/mol. The van der Waals surface area contributed by atoms with E-state index in [-0.39, 0.29) is 0 Å². The zero-order chi connectivity index (χ0) is 23.2. The second-order valence-corrected chi connectivity index (χ2v) is 7.86. The normalized spacial score (nSPS) is 11.2. The minimum atomic E-state index is 0.690. The smallest absolute Gasteiger partial charge is 0.168 e. The first-order chi connectivity index (χ1) is 16.1. The largest absolute Gasteiger partial charge is 0.493 e. The van der Waals surface area contributed by atoms with Crippen molar-refractivity contribution < 1.29 is 9.47 Å². The van der Waals surface area contributed by atoms with E-state index in [2.05, 4.69) is 86.3 Å². The maximum absolute atomic E-state index is 5.77. The van der Waals surface area contributed by atoms with Crippen LogP contribution in [0.5, 0.6) is 11.5 Å². The molecule has 0 saturated heterocycles. The van der Waals surface area contributed by atoms with Gasteiger partial charge in [-0.1, -0.05) is 91.5 Å². The van der Waals surface area contributed by atoms with E-state index in [9.17, 15) is 0 Å². The Kier molecular flexibility index (Phi) is 6.75. The molecule has 0 aliphatic heterocycles. The van der Waals surface area contributed by atoms with Gasteiger partial charge in [0.05, 0.1) is 14.2 Å². The van der Waals surface area contributed by atoms with Crippen molar-refractivity contribution in [2.24, 2.45) is 0 Å². The molecule has 0 bridgehead atoms. The molecule has 0 atom stereocenters. The van der Waals surface area contributed by atoms with Gasteiger partial charge in [0.2, 0.25) is 0 Å². The van der Waals surface area contributed by atoms with Crippen LogP contribution in [0.25, 0.3) is 33.9 Å². The van der Waals surface area contributed by atoms with Gasteiger partial charge >= 0.3 is 0 Å². The van der Waals surface area contributed by atoms with Crippen LogP contribution >= 0.6 is 0 Å². The molecule has 0 aliphatic carbocycles. The molecule has 0 N–H and O–H groups in total. The van der Waals surface area contributed by atoms with Crippen molar-refractivity contribution in [2.45, 2.75) is 6.92 Å². The van der Waals surface area contributed by atoms with Gasteiger partial charge in [-0.3, -0.25) is 0 Å². The fourth-order valence-electron chi connectivity index (χ4n) is 3.99. The zero-order valence-corrected chi connectivity index (χ0v) is 19.3. The average molecular weight is 433 g/mol. The van der Waals surface area contributed by atoms with E-state index in [4.69, 9.17) is 9.47 Å². The van der Waals surface area contributed by atoms with Crippen molar-refractivity contribution in [1.29, 1.82) is 0 Å². The van der Waals surface area contributed by atoms with Crippen LogP contribution in [-0.4, -0.2) is 14.2 Å². The van der Waals surface area contributed by atoms with Crippen LogP contribution in [-0.2, 0) is 0 Å². The molecule has 2 heteroatoms. The van der Waals surface area contributed by atoms with Crippen molar-refractivity contribution in [3.63, 3.8) is 0 Å². The Bertz CT molecular complexity index is 1280. The first-order valence-electron chi connectivity index (χ1n) is 11.0. The average Bonchev–Trinajstić information content (AvgIpc) is 2.88.